The number of hydrogen-bond acceptors (Lipinski definition) is 6. The average Bonchev–Trinajstić information content (AvgIpc) is 3.26. The van der Waals surface area contributed by atoms with Crippen LogP contribution >= 0.6 is 23.1 Å². The summed E-state index contributed by atoms with van der Waals surface area (Å²) < 4.78 is 19.4. The summed E-state index contributed by atoms with van der Waals surface area (Å²) in [7, 11) is 0. The lowest BCUT2D eigenvalue weighted by Crippen LogP contribution is -2.26. The summed E-state index contributed by atoms with van der Waals surface area (Å²) in [5.41, 5.74) is 0.487. The number of urea groups is 1. The van der Waals surface area contributed by atoms with Crippen molar-refractivity contribution in [3.8, 4) is 0 Å². The van der Waals surface area contributed by atoms with E-state index in [2.05, 4.69) is 27.2 Å². The second kappa shape index (κ2) is 9.93. The number of thiazole rings is 1. The first-order valence-corrected chi connectivity index (χ1v) is 9.57. The normalized spacial score (nSPS) is 12.1. The first-order chi connectivity index (χ1) is 12.5. The van der Waals surface area contributed by atoms with Gasteiger partial charge >= 0.3 is 6.03 Å². The minimum Gasteiger partial charge on any atom is -0.445 e. The fourth-order valence-electron chi connectivity index (χ4n) is 1.72. The second-order valence-corrected chi connectivity index (χ2v) is 7.34. The van der Waals surface area contributed by atoms with Crippen LogP contribution in [0.2, 0.25) is 0 Å². The Bertz CT molecular complexity index is 826. The fourth-order valence-corrected chi connectivity index (χ4v) is 3.44. The zero-order valence-corrected chi connectivity index (χ0v) is 16.0. The Morgan fingerprint density at radius 1 is 1.42 bits per heavy atom. The van der Waals surface area contributed by atoms with E-state index in [9.17, 15) is 9.18 Å². The Balaban J connectivity index is 1.83. The maximum atomic E-state index is 12.9. The molecule has 0 unspecified atom stereocenters. The lowest BCUT2D eigenvalue weighted by Gasteiger charge is -2.04. The molecule has 0 fully saturated rings. The molecule has 9 heteroatoms. The number of thioether (sulfide) groups is 1. The van der Waals surface area contributed by atoms with Gasteiger partial charge in [-0.25, -0.2) is 19.2 Å². The zero-order chi connectivity index (χ0) is 18.9. The number of rotatable bonds is 8. The molecule has 0 aliphatic rings. The number of allylic oxidation sites excluding steroid dienone is 5. The molecule has 2 rings (SSSR count). The molecule has 0 saturated carbocycles. The Kier molecular flexibility index (Phi) is 7.61. The Hall–Kier alpha value is -2.39. The number of carbonyl (C=O) groups is 1. The van der Waals surface area contributed by atoms with Gasteiger partial charge in [0.15, 0.2) is 5.13 Å². The maximum absolute atomic E-state index is 12.9. The number of aromatic nitrogens is 2. The quantitative estimate of drug-likeness (QED) is 0.484. The van der Waals surface area contributed by atoms with Gasteiger partial charge in [0, 0.05) is 12.1 Å². The number of anilines is 1. The van der Waals surface area contributed by atoms with Gasteiger partial charge in [0.25, 0.3) is 0 Å². The summed E-state index contributed by atoms with van der Waals surface area (Å²) in [4.78, 5) is 20.3. The summed E-state index contributed by atoms with van der Waals surface area (Å²) in [5, 5.41) is 5.69. The van der Waals surface area contributed by atoms with Crippen molar-refractivity contribution in [1.29, 1.82) is 0 Å². The molecule has 0 radical (unpaired) electrons. The van der Waals surface area contributed by atoms with Gasteiger partial charge in [0.05, 0.1) is 22.4 Å². The van der Waals surface area contributed by atoms with Gasteiger partial charge in [-0.3, -0.25) is 5.32 Å². The predicted molar refractivity (Wildman–Crippen MR) is 103 cm³/mol. The average molecular weight is 394 g/mol. The molecule has 0 spiro atoms. The Morgan fingerprint density at radius 3 is 2.92 bits per heavy atom. The summed E-state index contributed by atoms with van der Waals surface area (Å²) in [6, 6.07) is -0.447. The van der Waals surface area contributed by atoms with Crippen LogP contribution in [0.4, 0.5) is 14.3 Å². The van der Waals surface area contributed by atoms with Crippen molar-refractivity contribution in [3.05, 3.63) is 60.4 Å². The molecule has 2 aromatic heterocycles. The highest BCUT2D eigenvalue weighted by Gasteiger charge is 2.09. The molecule has 0 aliphatic heterocycles. The van der Waals surface area contributed by atoms with E-state index in [1.54, 1.807) is 19.3 Å². The standard InChI is InChI=1S/C17H19FN4O2S2/c1-4-12(18)7-6-11(3)21-16(23)22-17-20-9-15(26-17)25-10-14-19-8-13(5-2)24-14/h4,6-9H,1,5,10H2,2-3H3,(H2,20,21,22,23)/b11-6+,12-7+. The van der Waals surface area contributed by atoms with Crippen LogP contribution in [0.1, 0.15) is 25.5 Å². The number of carbonyl (C=O) groups excluding carboxylic acids is 1. The third-order valence-corrected chi connectivity index (χ3v) is 5.08. The highest BCUT2D eigenvalue weighted by Crippen LogP contribution is 2.30. The number of nitrogens with one attached hydrogen (secondary N) is 2. The lowest BCUT2D eigenvalue weighted by atomic mass is 10.4. The smallest absolute Gasteiger partial charge is 0.325 e. The molecule has 0 bridgehead atoms. The molecule has 0 saturated heterocycles. The first kappa shape index (κ1) is 19.9. The highest BCUT2D eigenvalue weighted by atomic mass is 32.2. The number of nitrogens with zero attached hydrogens (tertiary/aromatic N) is 2. The molecule has 138 valence electrons. The molecule has 2 heterocycles. The van der Waals surface area contributed by atoms with Crippen molar-refractivity contribution >= 4 is 34.3 Å². The summed E-state index contributed by atoms with van der Waals surface area (Å²) in [5.74, 6) is 1.63. The number of amides is 2. The molecular formula is C17H19FN4O2S2. The maximum Gasteiger partial charge on any atom is 0.325 e. The summed E-state index contributed by atoms with van der Waals surface area (Å²) in [6.45, 7) is 6.96. The molecule has 2 N–H and O–H groups in total. The molecule has 2 aromatic rings. The van der Waals surface area contributed by atoms with Gasteiger partial charge in [0.1, 0.15) is 11.6 Å². The van der Waals surface area contributed by atoms with E-state index in [0.29, 0.717) is 22.5 Å². The Labute approximate surface area is 159 Å². The van der Waals surface area contributed by atoms with Crippen molar-refractivity contribution in [2.45, 2.75) is 30.2 Å². The van der Waals surface area contributed by atoms with E-state index in [1.165, 1.54) is 35.3 Å². The van der Waals surface area contributed by atoms with Crippen molar-refractivity contribution in [3.63, 3.8) is 0 Å². The number of hydrogen-bond donors (Lipinski definition) is 2. The molecule has 0 aliphatic carbocycles. The van der Waals surface area contributed by atoms with Crippen LogP contribution < -0.4 is 10.6 Å². The van der Waals surface area contributed by atoms with Crippen LogP contribution in [-0.4, -0.2) is 16.0 Å². The molecular weight excluding hydrogens is 375 g/mol. The van der Waals surface area contributed by atoms with Crippen LogP contribution in [-0.2, 0) is 12.2 Å². The predicted octanol–water partition coefficient (Wildman–Crippen LogP) is 5.05. The molecule has 0 atom stereocenters. The SMILES string of the molecule is C=C/C(F)=C\C=C(/C)NC(=O)Nc1ncc(SCc2ncc(CC)o2)s1. The van der Waals surface area contributed by atoms with Crippen molar-refractivity contribution in [2.24, 2.45) is 0 Å². The second-order valence-electron chi connectivity index (χ2n) is 5.03. The molecule has 26 heavy (non-hydrogen) atoms. The molecule has 2 amide bonds. The van der Waals surface area contributed by atoms with E-state index in [1.807, 2.05) is 6.92 Å². The lowest BCUT2D eigenvalue weighted by molar-refractivity contribution is 0.254. The Morgan fingerprint density at radius 2 is 2.23 bits per heavy atom. The minimum atomic E-state index is -0.481. The summed E-state index contributed by atoms with van der Waals surface area (Å²) in [6.07, 6.45) is 7.96. The van der Waals surface area contributed by atoms with E-state index < -0.39 is 11.9 Å². The van der Waals surface area contributed by atoms with Crippen LogP contribution in [0.15, 0.2) is 57.4 Å². The van der Waals surface area contributed by atoms with Crippen molar-refractivity contribution in [1.82, 2.24) is 15.3 Å². The minimum absolute atomic E-state index is 0.447. The highest BCUT2D eigenvalue weighted by molar-refractivity contribution is 8.00. The monoisotopic (exact) mass is 394 g/mol. The number of oxazole rings is 1. The third-order valence-electron chi connectivity index (χ3n) is 2.99. The van der Waals surface area contributed by atoms with Gasteiger partial charge in [-0.15, -0.1) is 11.8 Å². The van der Waals surface area contributed by atoms with Gasteiger partial charge < -0.3 is 9.73 Å². The fraction of sp³-hybridized carbons (Fsp3) is 0.235. The zero-order valence-electron chi connectivity index (χ0n) is 14.4. The van der Waals surface area contributed by atoms with E-state index >= 15 is 0 Å². The van der Waals surface area contributed by atoms with Gasteiger partial charge in [0.2, 0.25) is 5.89 Å². The number of aryl methyl sites for hydroxylation is 1. The first-order valence-electron chi connectivity index (χ1n) is 7.77. The van der Waals surface area contributed by atoms with Crippen LogP contribution in [0.3, 0.4) is 0 Å². The third kappa shape index (κ3) is 6.49. The van der Waals surface area contributed by atoms with Gasteiger partial charge in [-0.2, -0.15) is 0 Å². The van der Waals surface area contributed by atoms with E-state index in [4.69, 9.17) is 4.42 Å². The summed E-state index contributed by atoms with van der Waals surface area (Å²) >= 11 is 2.88. The van der Waals surface area contributed by atoms with Crippen LogP contribution in [0.25, 0.3) is 0 Å². The topological polar surface area (TPSA) is 80.0 Å². The molecule has 6 nitrogen and oxygen atoms in total. The van der Waals surface area contributed by atoms with Gasteiger partial charge in [-0.1, -0.05) is 24.8 Å². The number of halogens is 1. The van der Waals surface area contributed by atoms with Crippen molar-refractivity contribution < 1.29 is 13.6 Å². The van der Waals surface area contributed by atoms with E-state index in [0.717, 1.165) is 22.5 Å². The van der Waals surface area contributed by atoms with Crippen LogP contribution in [0, 0.1) is 0 Å². The van der Waals surface area contributed by atoms with E-state index in [-0.39, 0.29) is 0 Å². The van der Waals surface area contributed by atoms with Crippen molar-refractivity contribution in [2.75, 3.05) is 5.32 Å². The van der Waals surface area contributed by atoms with Crippen LogP contribution in [0.5, 0.6) is 0 Å². The molecule has 0 aromatic carbocycles. The van der Waals surface area contributed by atoms with Gasteiger partial charge in [-0.05, 0) is 25.2 Å². The largest absolute Gasteiger partial charge is 0.445 e.